The largest absolute Gasteiger partial charge is 0.465 e. The van der Waals surface area contributed by atoms with Gasteiger partial charge in [0.1, 0.15) is 0 Å². The van der Waals surface area contributed by atoms with Gasteiger partial charge in [0.05, 0.1) is 23.7 Å². The van der Waals surface area contributed by atoms with E-state index >= 15 is 0 Å². The van der Waals surface area contributed by atoms with Crippen LogP contribution in [0.4, 0.5) is 0 Å². The zero-order chi connectivity index (χ0) is 18.3. The van der Waals surface area contributed by atoms with E-state index in [0.29, 0.717) is 36.8 Å². The summed E-state index contributed by atoms with van der Waals surface area (Å²) in [6.07, 6.45) is 6.91. The summed E-state index contributed by atoms with van der Waals surface area (Å²) in [7, 11) is -2.31. The summed E-state index contributed by atoms with van der Waals surface area (Å²) in [5, 5.41) is 0. The highest BCUT2D eigenvalue weighted by Crippen LogP contribution is 2.20. The smallest absolute Gasteiger partial charge is 0.337 e. The standard InChI is InChI=1S/C18H27NO5S/c1-14-13-15(18(20)23-2)9-10-17(14)25(21,22)19-11-6-12-24-16-7-4-3-5-8-16/h9-10,13,16,19H,3-8,11-12H2,1-2H3. The molecular formula is C18H27NO5S. The fourth-order valence-corrected chi connectivity index (χ4v) is 4.33. The Balaban J connectivity index is 1.83. The Morgan fingerprint density at radius 2 is 1.96 bits per heavy atom. The average Bonchev–Trinajstić information content (AvgIpc) is 2.61. The molecule has 0 spiro atoms. The topological polar surface area (TPSA) is 81.7 Å². The van der Waals surface area contributed by atoms with Crippen molar-refractivity contribution in [3.63, 3.8) is 0 Å². The van der Waals surface area contributed by atoms with E-state index in [0.717, 1.165) is 12.8 Å². The molecular weight excluding hydrogens is 342 g/mol. The van der Waals surface area contributed by atoms with Gasteiger partial charge in [0.2, 0.25) is 10.0 Å². The van der Waals surface area contributed by atoms with Gasteiger partial charge in [-0.05, 0) is 49.9 Å². The van der Waals surface area contributed by atoms with Crippen LogP contribution in [0.3, 0.4) is 0 Å². The molecule has 6 nitrogen and oxygen atoms in total. The van der Waals surface area contributed by atoms with Gasteiger partial charge in [0.15, 0.2) is 0 Å². The Morgan fingerprint density at radius 1 is 1.24 bits per heavy atom. The molecule has 25 heavy (non-hydrogen) atoms. The predicted octanol–water partition coefficient (Wildman–Crippen LogP) is 2.80. The molecule has 0 aliphatic heterocycles. The number of aryl methyl sites for hydroxylation is 1. The van der Waals surface area contributed by atoms with Crippen molar-refractivity contribution < 1.29 is 22.7 Å². The SMILES string of the molecule is COC(=O)c1ccc(S(=O)(=O)NCCCOC2CCCCC2)c(C)c1. The predicted molar refractivity (Wildman–Crippen MR) is 95.1 cm³/mol. The lowest BCUT2D eigenvalue weighted by atomic mass is 9.98. The number of benzene rings is 1. The summed E-state index contributed by atoms with van der Waals surface area (Å²) in [4.78, 5) is 11.7. The van der Waals surface area contributed by atoms with Crippen molar-refractivity contribution in [2.24, 2.45) is 0 Å². The summed E-state index contributed by atoms with van der Waals surface area (Å²) in [6.45, 7) is 2.55. The van der Waals surface area contributed by atoms with Gasteiger partial charge >= 0.3 is 5.97 Å². The Kier molecular flexibility index (Phi) is 7.40. The molecule has 1 fully saturated rings. The Labute approximate surface area is 150 Å². The van der Waals surface area contributed by atoms with E-state index in [2.05, 4.69) is 9.46 Å². The van der Waals surface area contributed by atoms with Crippen LogP contribution >= 0.6 is 0 Å². The quantitative estimate of drug-likeness (QED) is 0.563. The van der Waals surface area contributed by atoms with Crippen molar-refractivity contribution in [2.75, 3.05) is 20.3 Å². The van der Waals surface area contributed by atoms with Crippen LogP contribution in [0.15, 0.2) is 23.1 Å². The van der Waals surface area contributed by atoms with Crippen LogP contribution in [0, 0.1) is 6.92 Å². The van der Waals surface area contributed by atoms with Crippen LogP contribution in [0.5, 0.6) is 0 Å². The molecule has 0 aromatic heterocycles. The third kappa shape index (κ3) is 5.80. The van der Waals surface area contributed by atoms with Crippen molar-refractivity contribution in [1.82, 2.24) is 4.72 Å². The number of carbonyl (C=O) groups excluding carboxylic acids is 1. The Morgan fingerprint density at radius 3 is 2.60 bits per heavy atom. The third-order valence-corrected chi connectivity index (χ3v) is 6.03. The molecule has 140 valence electrons. The van der Waals surface area contributed by atoms with Crippen molar-refractivity contribution in [1.29, 1.82) is 0 Å². The van der Waals surface area contributed by atoms with E-state index in [1.165, 1.54) is 44.6 Å². The second kappa shape index (κ2) is 9.31. The highest BCUT2D eigenvalue weighted by Gasteiger charge is 2.18. The lowest BCUT2D eigenvalue weighted by Crippen LogP contribution is -2.27. The first-order valence-corrected chi connectivity index (χ1v) is 10.2. The normalized spacial score (nSPS) is 15.9. The van der Waals surface area contributed by atoms with Crippen molar-refractivity contribution in [3.05, 3.63) is 29.3 Å². The highest BCUT2D eigenvalue weighted by atomic mass is 32.2. The number of ether oxygens (including phenoxy) is 2. The Hall–Kier alpha value is -1.44. The minimum Gasteiger partial charge on any atom is -0.465 e. The van der Waals surface area contributed by atoms with E-state index in [1.807, 2.05) is 0 Å². The summed E-state index contributed by atoms with van der Waals surface area (Å²) >= 11 is 0. The maximum Gasteiger partial charge on any atom is 0.337 e. The first kappa shape index (κ1) is 19.9. The van der Waals surface area contributed by atoms with Crippen LogP contribution in [-0.2, 0) is 19.5 Å². The molecule has 1 aliphatic carbocycles. The molecule has 1 aromatic rings. The second-order valence-electron chi connectivity index (χ2n) is 6.35. The molecule has 1 N–H and O–H groups in total. The van der Waals surface area contributed by atoms with Gasteiger partial charge < -0.3 is 9.47 Å². The van der Waals surface area contributed by atoms with E-state index in [4.69, 9.17) is 4.74 Å². The monoisotopic (exact) mass is 369 g/mol. The van der Waals surface area contributed by atoms with Gasteiger partial charge in [-0.1, -0.05) is 19.3 Å². The van der Waals surface area contributed by atoms with Crippen molar-refractivity contribution in [2.45, 2.75) is 56.4 Å². The molecule has 0 radical (unpaired) electrons. The third-order valence-electron chi connectivity index (χ3n) is 4.40. The summed E-state index contributed by atoms with van der Waals surface area (Å²) in [5.41, 5.74) is 0.841. The molecule has 2 rings (SSSR count). The molecule has 7 heteroatoms. The fraction of sp³-hybridized carbons (Fsp3) is 0.611. The van der Waals surface area contributed by atoms with Crippen LogP contribution in [0.2, 0.25) is 0 Å². The maximum atomic E-state index is 12.4. The van der Waals surface area contributed by atoms with Gasteiger partial charge in [-0.2, -0.15) is 0 Å². The fourth-order valence-electron chi connectivity index (χ4n) is 3.03. The van der Waals surface area contributed by atoms with Crippen LogP contribution in [0.25, 0.3) is 0 Å². The van der Waals surface area contributed by atoms with E-state index in [-0.39, 0.29) is 4.90 Å². The number of esters is 1. The van der Waals surface area contributed by atoms with Gasteiger partial charge in [-0.25, -0.2) is 17.9 Å². The number of methoxy groups -OCH3 is 1. The van der Waals surface area contributed by atoms with Crippen LogP contribution in [-0.4, -0.2) is 40.8 Å². The molecule has 0 atom stereocenters. The molecule has 1 aromatic carbocycles. The molecule has 0 heterocycles. The van der Waals surface area contributed by atoms with Crippen molar-refractivity contribution >= 4 is 16.0 Å². The minimum absolute atomic E-state index is 0.174. The molecule has 0 amide bonds. The van der Waals surface area contributed by atoms with Gasteiger partial charge in [-0.3, -0.25) is 0 Å². The minimum atomic E-state index is -3.60. The lowest BCUT2D eigenvalue weighted by molar-refractivity contribution is 0.0278. The summed E-state index contributed by atoms with van der Waals surface area (Å²) in [5.74, 6) is -0.486. The number of carbonyl (C=O) groups is 1. The second-order valence-corrected chi connectivity index (χ2v) is 8.09. The highest BCUT2D eigenvalue weighted by molar-refractivity contribution is 7.89. The van der Waals surface area contributed by atoms with Crippen LogP contribution in [0.1, 0.15) is 54.4 Å². The number of nitrogens with one attached hydrogen (secondary N) is 1. The summed E-state index contributed by atoms with van der Waals surface area (Å²) < 4.78 is 37.8. The van der Waals surface area contributed by atoms with Gasteiger partial charge in [-0.15, -0.1) is 0 Å². The lowest BCUT2D eigenvalue weighted by Gasteiger charge is -2.21. The van der Waals surface area contributed by atoms with Crippen LogP contribution < -0.4 is 4.72 Å². The van der Waals surface area contributed by atoms with Gasteiger partial charge in [0, 0.05) is 13.2 Å². The maximum absolute atomic E-state index is 12.4. The number of rotatable bonds is 8. The first-order valence-electron chi connectivity index (χ1n) is 8.74. The zero-order valence-corrected chi connectivity index (χ0v) is 15.7. The van der Waals surface area contributed by atoms with E-state index in [9.17, 15) is 13.2 Å². The molecule has 1 saturated carbocycles. The van der Waals surface area contributed by atoms with E-state index in [1.54, 1.807) is 6.92 Å². The first-order chi connectivity index (χ1) is 11.9. The molecule has 0 unspecified atom stereocenters. The van der Waals surface area contributed by atoms with Gasteiger partial charge in [0.25, 0.3) is 0 Å². The molecule has 0 bridgehead atoms. The summed E-state index contributed by atoms with van der Waals surface area (Å²) in [6, 6.07) is 4.41. The number of hydrogen-bond donors (Lipinski definition) is 1. The molecule has 0 saturated heterocycles. The average molecular weight is 369 g/mol. The van der Waals surface area contributed by atoms with E-state index < -0.39 is 16.0 Å². The number of sulfonamides is 1. The zero-order valence-electron chi connectivity index (χ0n) is 14.9. The Bertz CT molecular complexity index is 681. The molecule has 1 aliphatic rings. The number of hydrogen-bond acceptors (Lipinski definition) is 5. The van der Waals surface area contributed by atoms with Crippen molar-refractivity contribution in [3.8, 4) is 0 Å².